The number of fused-ring (bicyclic) bond motifs is 8. The predicted molar refractivity (Wildman–Crippen MR) is 572 cm³/mol. The van der Waals surface area contributed by atoms with Crippen LogP contribution in [0.15, 0.2) is 290 Å². The van der Waals surface area contributed by atoms with E-state index in [2.05, 4.69) is 263 Å². The second-order valence-electron chi connectivity index (χ2n) is 33.3. The van der Waals surface area contributed by atoms with E-state index < -0.39 is 0 Å². The first kappa shape index (κ1) is 97.7. The van der Waals surface area contributed by atoms with E-state index in [0.29, 0.717) is 32.1 Å². The fraction of sp³-hybridized carbons (Fsp3) is 0.185. The molecule has 7 N–H and O–H groups in total. The maximum atomic E-state index is 5.95. The van der Waals surface area contributed by atoms with Gasteiger partial charge in [0.15, 0.2) is 46.5 Å². The lowest BCUT2D eigenvalue weighted by molar-refractivity contribution is 0.291. The van der Waals surface area contributed by atoms with Gasteiger partial charge in [-0.05, 0) is 109 Å². The van der Waals surface area contributed by atoms with Crippen molar-refractivity contribution in [3.63, 3.8) is 0 Å². The van der Waals surface area contributed by atoms with E-state index >= 15 is 0 Å². The van der Waals surface area contributed by atoms with Gasteiger partial charge in [-0.1, -0.05) is 221 Å². The summed E-state index contributed by atoms with van der Waals surface area (Å²) in [5.74, 6) is 13.7. The highest BCUT2D eigenvalue weighted by atomic mass is 35.5. The van der Waals surface area contributed by atoms with Crippen LogP contribution in [0.3, 0.4) is 0 Å². The van der Waals surface area contributed by atoms with Crippen LogP contribution in [-0.4, -0.2) is 129 Å². The zero-order chi connectivity index (χ0) is 98.1. The van der Waals surface area contributed by atoms with Crippen molar-refractivity contribution in [2.75, 3.05) is 37.2 Å². The molecule has 0 aliphatic carbocycles. The Morgan fingerprint density at radius 1 is 0.224 bits per heavy atom. The first-order chi connectivity index (χ1) is 70.2. The van der Waals surface area contributed by atoms with Crippen LogP contribution < -0.4 is 42.0 Å². The molecule has 0 spiro atoms. The van der Waals surface area contributed by atoms with Crippen LogP contribution >= 0.6 is 34.8 Å². The van der Waals surface area contributed by atoms with E-state index in [1.165, 1.54) is 64.3 Å². The monoisotopic (exact) mass is 1950 g/mol. The summed E-state index contributed by atoms with van der Waals surface area (Å²) in [6, 6.07) is 69.0. The normalized spacial score (nSPS) is 12.5. The van der Waals surface area contributed by atoms with Gasteiger partial charge in [0.05, 0.1) is 5.56 Å². The summed E-state index contributed by atoms with van der Waals surface area (Å²) in [6.45, 7) is 13.8. The van der Waals surface area contributed by atoms with Crippen molar-refractivity contribution in [2.45, 2.75) is 131 Å². The third-order valence-corrected chi connectivity index (χ3v) is 23.6. The molecule has 24 rings (SSSR count). The van der Waals surface area contributed by atoms with Gasteiger partial charge in [-0.25, -0.2) is 120 Å². The summed E-state index contributed by atoms with van der Waals surface area (Å²) in [7, 11) is 0. The van der Waals surface area contributed by atoms with Crippen molar-refractivity contribution in [3.8, 4) is 5.88 Å². The number of aromatic nitrogens is 16. The van der Waals surface area contributed by atoms with E-state index in [9.17, 15) is 0 Å². The Hall–Kier alpha value is -17.0. The minimum Gasteiger partial charge on any atom is -0.472 e. The third-order valence-electron chi connectivity index (χ3n) is 22.8. The van der Waals surface area contributed by atoms with E-state index in [4.69, 9.17) is 39.5 Å². The number of benzene rings is 8. The number of aliphatic imine (C=N–C) groups is 8. The summed E-state index contributed by atoms with van der Waals surface area (Å²) in [5.41, 5.74) is 21.8. The van der Waals surface area contributed by atoms with Crippen molar-refractivity contribution in [3.05, 3.63) is 377 Å². The summed E-state index contributed by atoms with van der Waals surface area (Å²) >= 11 is 17.7. The van der Waals surface area contributed by atoms with E-state index in [0.717, 1.165) is 252 Å². The minimum atomic E-state index is 0.518. The van der Waals surface area contributed by atoms with Crippen LogP contribution in [0.1, 0.15) is 112 Å². The number of aryl methyl sites for hydroxylation is 4. The summed E-state index contributed by atoms with van der Waals surface area (Å²) in [4.78, 5) is 101. The zero-order valence-corrected chi connectivity index (χ0v) is 81.1. The predicted octanol–water partition coefficient (Wildman–Crippen LogP) is 21.9. The number of ether oxygens (including phenoxy) is 1. The number of rotatable bonds is 24. The van der Waals surface area contributed by atoms with Crippen LogP contribution in [0.2, 0.25) is 15.1 Å². The molecule has 0 saturated carbocycles. The Morgan fingerprint density at radius 3 is 0.846 bits per heavy atom. The fourth-order valence-corrected chi connectivity index (χ4v) is 16.2. The highest BCUT2D eigenvalue weighted by Gasteiger charge is 2.23. The van der Waals surface area contributed by atoms with Crippen LogP contribution in [0.4, 0.5) is 87.3 Å². The van der Waals surface area contributed by atoms with Gasteiger partial charge in [0.1, 0.15) is 97.4 Å². The molecule has 714 valence electrons. The Labute approximate surface area is 842 Å². The van der Waals surface area contributed by atoms with Crippen molar-refractivity contribution < 1.29 is 4.74 Å². The second-order valence-corrected chi connectivity index (χ2v) is 34.6. The Kier molecular flexibility index (Phi) is 33.8. The largest absolute Gasteiger partial charge is 0.472 e. The lowest BCUT2D eigenvalue weighted by Crippen LogP contribution is -2.06. The van der Waals surface area contributed by atoms with E-state index in [-0.39, 0.29) is 0 Å². The Balaban J connectivity index is 0.000000112. The van der Waals surface area contributed by atoms with Crippen LogP contribution in [0, 0.1) is 27.7 Å². The van der Waals surface area contributed by atoms with Crippen LogP contribution in [-0.2, 0) is 104 Å². The average molecular weight is 1950 g/mol. The molecule has 8 aromatic heterocycles. The molecule has 0 fully saturated rings. The Morgan fingerprint density at radius 2 is 0.497 bits per heavy atom. The number of halogens is 3. The minimum absolute atomic E-state index is 0.518. The lowest BCUT2D eigenvalue weighted by Gasteiger charge is -2.10. The number of nitrogens with zero attached hydrogens (tertiary/aromatic N) is 24. The van der Waals surface area contributed by atoms with Gasteiger partial charge in [0.2, 0.25) is 5.88 Å². The summed E-state index contributed by atoms with van der Waals surface area (Å²) in [6.07, 6.45) is 32.0. The topological polar surface area (TPSA) is 399 Å². The van der Waals surface area contributed by atoms with Gasteiger partial charge in [-0.15, -0.1) is 0 Å². The Bertz CT molecular complexity index is 6810. The molecule has 8 aliphatic heterocycles. The molecule has 0 unspecified atom stereocenters. The van der Waals surface area contributed by atoms with Crippen molar-refractivity contribution >= 4 is 172 Å². The first-order valence-electron chi connectivity index (χ1n) is 46.5. The fourth-order valence-electron chi connectivity index (χ4n) is 15.6. The highest BCUT2D eigenvalue weighted by Crippen LogP contribution is 2.36. The molecule has 8 aromatic carbocycles. The quantitative estimate of drug-likeness (QED) is 0.0295. The highest BCUT2D eigenvalue weighted by molar-refractivity contribution is 6.31. The van der Waals surface area contributed by atoms with Crippen molar-refractivity contribution in [1.29, 1.82) is 0 Å². The van der Waals surface area contributed by atoms with E-state index in [1.807, 2.05) is 178 Å². The van der Waals surface area contributed by atoms with Crippen molar-refractivity contribution in [2.24, 2.45) is 39.9 Å². The molecule has 0 bridgehead atoms. The molecule has 8 aliphatic rings. The molecule has 0 atom stereocenters. The number of hydrogen-bond acceptors (Lipinski definition) is 32. The van der Waals surface area contributed by atoms with Gasteiger partial charge < -0.3 is 42.0 Å². The maximum absolute atomic E-state index is 5.95. The van der Waals surface area contributed by atoms with Gasteiger partial charge >= 0.3 is 0 Å². The molecule has 16 aromatic rings. The van der Waals surface area contributed by atoms with Gasteiger partial charge in [0.25, 0.3) is 0 Å². The van der Waals surface area contributed by atoms with Gasteiger partial charge in [0, 0.05) is 201 Å². The van der Waals surface area contributed by atoms with Crippen molar-refractivity contribution in [1.82, 2.24) is 79.7 Å². The average Bonchev–Trinajstić information content (AvgIpc) is 1.66. The maximum Gasteiger partial charge on any atom is 0.222 e. The SMILES string of the molecule is C1=Nc2ncnc(OCc3ccccc3)c2C1.Cc1ccc(CNc2ncnc3c2CC=N3)cc1.Cc1cccc(CNc2ncnc3c2CC=N3)c1.Cc1cccc(CNc2ncnc3c2CC=N3)c1.Cc1nc2c(c(NCc3ccccc3)n1)CC=N2.Clc1ccc(CNc2ncnc3c2CC=N3)cc1.Clc1cccc(CNc2ncnc3c2CC=N3)c1.Clc1cccc(CNc2ncnc3c2CC=N3)c1. The molecular formula is C108H100Cl3N31O. The molecule has 16 heterocycles. The van der Waals surface area contributed by atoms with E-state index in [1.54, 1.807) is 19.0 Å². The van der Waals surface area contributed by atoms with Gasteiger partial charge in [-0.2, -0.15) is 0 Å². The molecule has 0 saturated heterocycles. The molecular weight excluding hydrogens is 1850 g/mol. The number of anilines is 7. The van der Waals surface area contributed by atoms with Crippen LogP contribution in [0.5, 0.6) is 5.88 Å². The molecule has 0 amide bonds. The summed E-state index contributed by atoms with van der Waals surface area (Å²) < 4.78 is 5.70. The second kappa shape index (κ2) is 49.5. The summed E-state index contributed by atoms with van der Waals surface area (Å²) in [5, 5.41) is 25.6. The van der Waals surface area contributed by atoms with Gasteiger partial charge in [-0.3, -0.25) is 0 Å². The number of hydrogen-bond donors (Lipinski definition) is 7. The third kappa shape index (κ3) is 27.8. The molecule has 0 radical (unpaired) electrons. The number of nitrogens with one attached hydrogen (secondary N) is 7. The standard InChI is InChI=1S/4C14H14N4.3C13H11ClN4.C13H11N3O/c1-10-2-4-11(5-3-10)8-16-14-12-6-7-15-13(12)17-9-18-14;2*1-10-3-2-4-11(7-10)8-16-14-12-5-6-15-13(12)17-9-18-14;1-10-17-13-12(7-8-15-13)14(18-10)16-9-11-5-3-2-4-6-11;14-10-3-1-9(2-4-10)7-16-13-11-5-6-15-12(11)17-8-18-13;2*14-10-3-1-2-9(6-10)7-16-13-11-4-5-15-12(11)17-8-18-13;1-2-4-10(5-3-1)8-17-13-11-6-7-14-12(11)15-9-16-13/h2-5,7,9H,6,8H2,1H3,(H,16,17,18);2*2-4,6-7,9H,5,8H2,1H3,(H,16,17,18);2-6,8H,7,9H2,1H3,(H,16,17,18);1-4,6,8H,5,7H2,(H,16,17,18);2*1-3,5-6,8H,4,7H2,(H,16,17,18);1-5,7,9H,6,8H2. The molecule has 35 heteroatoms. The lowest BCUT2D eigenvalue weighted by atomic mass is 10.1. The molecule has 32 nitrogen and oxygen atoms in total. The van der Waals surface area contributed by atoms with Crippen LogP contribution in [0.25, 0.3) is 0 Å². The zero-order valence-electron chi connectivity index (χ0n) is 78.9. The first-order valence-corrected chi connectivity index (χ1v) is 47.6. The molecule has 143 heavy (non-hydrogen) atoms. The smallest absolute Gasteiger partial charge is 0.222 e.